The number of rotatable bonds is 4. The van der Waals surface area contributed by atoms with Gasteiger partial charge in [-0.15, -0.1) is 6.42 Å². The van der Waals surface area contributed by atoms with E-state index in [0.717, 1.165) is 11.1 Å². The van der Waals surface area contributed by atoms with Gasteiger partial charge in [-0.3, -0.25) is 4.79 Å². The van der Waals surface area contributed by atoms with Crippen LogP contribution in [0.1, 0.15) is 21.5 Å². The first-order valence-electron chi connectivity index (χ1n) is 6.75. The Hall–Kier alpha value is -2.31. The standard InChI is InChI=1S/C18H15ClFNO/c1-3-11-21(12-14-9-7-13(2)8-10-14)18(22)17-15(19)5-4-6-16(17)20/h1,4-10H,11-12H2,2H3. The van der Waals surface area contributed by atoms with Crippen molar-refractivity contribution < 1.29 is 9.18 Å². The van der Waals surface area contributed by atoms with Gasteiger partial charge in [-0.25, -0.2) is 4.39 Å². The van der Waals surface area contributed by atoms with Crippen molar-refractivity contribution >= 4 is 17.5 Å². The van der Waals surface area contributed by atoms with Gasteiger partial charge in [0, 0.05) is 6.54 Å². The minimum atomic E-state index is -0.650. The van der Waals surface area contributed by atoms with E-state index in [4.69, 9.17) is 18.0 Å². The molecule has 22 heavy (non-hydrogen) atoms. The maximum Gasteiger partial charge on any atom is 0.259 e. The molecule has 0 radical (unpaired) electrons. The molecule has 0 N–H and O–H groups in total. The molecule has 0 saturated heterocycles. The molecule has 2 rings (SSSR count). The van der Waals surface area contributed by atoms with E-state index < -0.39 is 11.7 Å². The topological polar surface area (TPSA) is 20.3 Å². The van der Waals surface area contributed by atoms with Gasteiger partial charge >= 0.3 is 0 Å². The largest absolute Gasteiger partial charge is 0.323 e. The van der Waals surface area contributed by atoms with Crippen molar-refractivity contribution in [3.63, 3.8) is 0 Å². The Morgan fingerprint density at radius 1 is 1.27 bits per heavy atom. The normalized spacial score (nSPS) is 10.1. The number of terminal acetylenes is 1. The van der Waals surface area contributed by atoms with Gasteiger partial charge < -0.3 is 4.90 Å². The van der Waals surface area contributed by atoms with Crippen molar-refractivity contribution in [2.45, 2.75) is 13.5 Å². The fraction of sp³-hybridized carbons (Fsp3) is 0.167. The lowest BCUT2D eigenvalue weighted by Gasteiger charge is -2.21. The SMILES string of the molecule is C#CCN(Cc1ccc(C)cc1)C(=O)c1c(F)cccc1Cl. The van der Waals surface area contributed by atoms with E-state index >= 15 is 0 Å². The smallest absolute Gasteiger partial charge is 0.259 e. The number of amides is 1. The highest BCUT2D eigenvalue weighted by Gasteiger charge is 2.21. The minimum absolute atomic E-state index is 0.0796. The Labute approximate surface area is 134 Å². The van der Waals surface area contributed by atoms with Gasteiger partial charge in [0.1, 0.15) is 5.82 Å². The summed E-state index contributed by atoms with van der Waals surface area (Å²) in [5.74, 6) is 1.27. The van der Waals surface area contributed by atoms with E-state index in [1.807, 2.05) is 31.2 Å². The number of carbonyl (C=O) groups excluding carboxylic acids is 1. The Kier molecular flexibility index (Phi) is 5.19. The zero-order valence-electron chi connectivity index (χ0n) is 12.1. The van der Waals surface area contributed by atoms with Crippen molar-refractivity contribution in [2.24, 2.45) is 0 Å². The molecule has 2 aromatic carbocycles. The second kappa shape index (κ2) is 7.11. The first kappa shape index (κ1) is 16.1. The third-order valence-corrected chi connectivity index (χ3v) is 3.55. The van der Waals surface area contributed by atoms with E-state index in [0.29, 0.717) is 6.54 Å². The lowest BCUT2D eigenvalue weighted by molar-refractivity contribution is 0.0761. The highest BCUT2D eigenvalue weighted by molar-refractivity contribution is 6.33. The number of nitrogens with zero attached hydrogens (tertiary/aromatic N) is 1. The van der Waals surface area contributed by atoms with E-state index in [1.165, 1.54) is 23.1 Å². The molecule has 0 aliphatic carbocycles. The van der Waals surface area contributed by atoms with Crippen LogP contribution in [0.4, 0.5) is 4.39 Å². The summed E-state index contributed by atoms with van der Waals surface area (Å²) in [4.78, 5) is 14.0. The summed E-state index contributed by atoms with van der Waals surface area (Å²) in [5.41, 5.74) is 1.89. The van der Waals surface area contributed by atoms with E-state index in [1.54, 1.807) is 0 Å². The predicted molar refractivity (Wildman–Crippen MR) is 86.2 cm³/mol. The predicted octanol–water partition coefficient (Wildman–Crippen LogP) is 4.06. The molecular weight excluding hydrogens is 301 g/mol. The molecule has 0 aliphatic rings. The van der Waals surface area contributed by atoms with Gasteiger partial charge in [0.25, 0.3) is 5.91 Å². The first-order chi connectivity index (χ1) is 10.5. The first-order valence-corrected chi connectivity index (χ1v) is 7.13. The Bertz CT molecular complexity index is 699. The van der Waals surface area contributed by atoms with Crippen molar-refractivity contribution in [1.29, 1.82) is 0 Å². The highest BCUT2D eigenvalue weighted by Crippen LogP contribution is 2.21. The van der Waals surface area contributed by atoms with Gasteiger partial charge in [0.05, 0.1) is 17.1 Å². The van der Waals surface area contributed by atoms with Gasteiger partial charge in [0.15, 0.2) is 0 Å². The average molecular weight is 316 g/mol. The molecule has 0 atom stereocenters. The zero-order chi connectivity index (χ0) is 16.1. The molecule has 0 fully saturated rings. The van der Waals surface area contributed by atoms with Crippen LogP contribution >= 0.6 is 11.6 Å². The summed E-state index contributed by atoms with van der Waals surface area (Å²) in [5, 5.41) is 0.0796. The van der Waals surface area contributed by atoms with Crippen LogP contribution in [0, 0.1) is 25.1 Å². The summed E-state index contributed by atoms with van der Waals surface area (Å²) in [6.45, 7) is 2.36. The molecular formula is C18H15ClFNO. The van der Waals surface area contributed by atoms with Crippen molar-refractivity contribution in [3.8, 4) is 12.3 Å². The molecule has 0 saturated carbocycles. The average Bonchev–Trinajstić information content (AvgIpc) is 2.48. The van der Waals surface area contributed by atoms with Crippen LogP contribution in [0.15, 0.2) is 42.5 Å². The van der Waals surface area contributed by atoms with Crippen LogP contribution in [-0.4, -0.2) is 17.4 Å². The summed E-state index contributed by atoms with van der Waals surface area (Å²) >= 11 is 5.95. The molecule has 0 bridgehead atoms. The van der Waals surface area contributed by atoms with Crippen molar-refractivity contribution in [2.75, 3.05) is 6.54 Å². The van der Waals surface area contributed by atoms with Crippen molar-refractivity contribution in [3.05, 3.63) is 70.0 Å². The second-order valence-corrected chi connectivity index (χ2v) is 5.35. The summed E-state index contributed by atoms with van der Waals surface area (Å²) < 4.78 is 13.9. The highest BCUT2D eigenvalue weighted by atomic mass is 35.5. The Morgan fingerprint density at radius 3 is 2.55 bits per heavy atom. The van der Waals surface area contributed by atoms with Gasteiger partial charge in [-0.05, 0) is 24.6 Å². The molecule has 0 aliphatic heterocycles. The number of carbonyl (C=O) groups is 1. The molecule has 0 aromatic heterocycles. The molecule has 2 aromatic rings. The lowest BCUT2D eigenvalue weighted by Crippen LogP contribution is -2.31. The molecule has 4 heteroatoms. The molecule has 2 nitrogen and oxygen atoms in total. The van der Waals surface area contributed by atoms with Gasteiger partial charge in [-0.2, -0.15) is 0 Å². The summed E-state index contributed by atoms with van der Waals surface area (Å²) in [6.07, 6.45) is 5.33. The van der Waals surface area contributed by atoms with E-state index in [2.05, 4.69) is 5.92 Å². The van der Waals surface area contributed by atoms with Crippen LogP contribution < -0.4 is 0 Å². The third kappa shape index (κ3) is 3.66. The van der Waals surface area contributed by atoms with Crippen LogP contribution in [0.25, 0.3) is 0 Å². The fourth-order valence-corrected chi connectivity index (χ4v) is 2.33. The van der Waals surface area contributed by atoms with Crippen molar-refractivity contribution in [1.82, 2.24) is 4.90 Å². The molecule has 1 amide bonds. The number of halogens is 2. The molecule has 112 valence electrons. The molecule has 0 unspecified atom stereocenters. The molecule has 0 heterocycles. The van der Waals surface area contributed by atoms with Crippen LogP contribution in [0.2, 0.25) is 5.02 Å². The number of hydrogen-bond donors (Lipinski definition) is 0. The van der Waals surface area contributed by atoms with Crippen LogP contribution in [0.3, 0.4) is 0 Å². The van der Waals surface area contributed by atoms with Crippen LogP contribution in [-0.2, 0) is 6.54 Å². The second-order valence-electron chi connectivity index (χ2n) is 4.95. The third-order valence-electron chi connectivity index (χ3n) is 3.24. The number of aryl methyl sites for hydroxylation is 1. The number of hydrogen-bond acceptors (Lipinski definition) is 1. The summed E-state index contributed by atoms with van der Waals surface area (Å²) in [7, 11) is 0. The lowest BCUT2D eigenvalue weighted by atomic mass is 10.1. The maximum absolute atomic E-state index is 13.9. The Balaban J connectivity index is 2.29. The fourth-order valence-electron chi connectivity index (χ4n) is 2.08. The maximum atomic E-state index is 13.9. The molecule has 0 spiro atoms. The van der Waals surface area contributed by atoms with Gasteiger partial charge in [0.2, 0.25) is 0 Å². The quantitative estimate of drug-likeness (QED) is 0.779. The Morgan fingerprint density at radius 2 is 1.95 bits per heavy atom. The number of benzene rings is 2. The monoisotopic (exact) mass is 315 g/mol. The van der Waals surface area contributed by atoms with E-state index in [9.17, 15) is 9.18 Å². The van der Waals surface area contributed by atoms with Gasteiger partial charge in [-0.1, -0.05) is 53.4 Å². The van der Waals surface area contributed by atoms with E-state index in [-0.39, 0.29) is 17.1 Å². The minimum Gasteiger partial charge on any atom is -0.323 e. The van der Waals surface area contributed by atoms with Crippen LogP contribution in [0.5, 0.6) is 0 Å². The zero-order valence-corrected chi connectivity index (χ0v) is 12.9. The summed E-state index contributed by atoms with van der Waals surface area (Å²) in [6, 6.07) is 11.9.